The molecule has 1 aromatic rings. The number of rotatable bonds is 4. The number of urea groups is 1. The van der Waals surface area contributed by atoms with Crippen LogP contribution < -0.4 is 0 Å². The van der Waals surface area contributed by atoms with E-state index in [0.29, 0.717) is 13.1 Å². The Balaban J connectivity index is 1.72. The lowest BCUT2D eigenvalue weighted by atomic mass is 10.1. The van der Waals surface area contributed by atoms with E-state index in [9.17, 15) is 14.4 Å². The van der Waals surface area contributed by atoms with Gasteiger partial charge in [0.25, 0.3) is 5.91 Å². The molecule has 2 saturated heterocycles. The molecule has 2 fully saturated rings. The molecule has 0 N–H and O–H groups in total. The summed E-state index contributed by atoms with van der Waals surface area (Å²) in [6.07, 6.45) is 0. The second-order valence-corrected chi connectivity index (χ2v) is 5.67. The summed E-state index contributed by atoms with van der Waals surface area (Å²) >= 11 is 0. The van der Waals surface area contributed by atoms with Gasteiger partial charge in [-0.2, -0.15) is 0 Å². The maximum atomic E-state index is 12.6. The van der Waals surface area contributed by atoms with Crippen molar-refractivity contribution < 1.29 is 19.1 Å². The zero-order valence-corrected chi connectivity index (χ0v) is 13.0. The number of carbonyl (C=O) groups is 3. The molecule has 1 aromatic carbocycles. The summed E-state index contributed by atoms with van der Waals surface area (Å²) in [4.78, 5) is 41.4. The van der Waals surface area contributed by atoms with E-state index < -0.39 is 6.04 Å². The minimum absolute atomic E-state index is 0.0113. The second kappa shape index (κ2) is 6.37. The third kappa shape index (κ3) is 2.92. The monoisotopic (exact) mass is 317 g/mol. The molecular weight excluding hydrogens is 298 g/mol. The van der Waals surface area contributed by atoms with Crippen LogP contribution in [-0.2, 0) is 20.9 Å². The number of hydrogen-bond donors (Lipinski definition) is 0. The molecule has 23 heavy (non-hydrogen) atoms. The van der Waals surface area contributed by atoms with Crippen LogP contribution in [0.15, 0.2) is 30.3 Å². The Labute approximate surface area is 134 Å². The van der Waals surface area contributed by atoms with Crippen molar-refractivity contribution in [2.75, 3.05) is 33.4 Å². The van der Waals surface area contributed by atoms with Crippen molar-refractivity contribution in [3.8, 4) is 0 Å². The zero-order chi connectivity index (χ0) is 16.4. The van der Waals surface area contributed by atoms with Crippen LogP contribution in [0.5, 0.6) is 0 Å². The van der Waals surface area contributed by atoms with Gasteiger partial charge in [0, 0.05) is 20.2 Å². The lowest BCUT2D eigenvalue weighted by Gasteiger charge is -2.35. The molecule has 0 bridgehead atoms. The van der Waals surface area contributed by atoms with Gasteiger partial charge in [-0.1, -0.05) is 30.3 Å². The molecule has 4 amide bonds. The number of imide groups is 1. The van der Waals surface area contributed by atoms with Gasteiger partial charge < -0.3 is 14.5 Å². The molecule has 1 atom stereocenters. The Kier molecular flexibility index (Phi) is 4.29. The Morgan fingerprint density at radius 3 is 2.65 bits per heavy atom. The first-order valence-corrected chi connectivity index (χ1v) is 7.54. The maximum absolute atomic E-state index is 12.6. The zero-order valence-electron chi connectivity index (χ0n) is 13.0. The first kappa shape index (κ1) is 15.5. The fraction of sp³-hybridized carbons (Fsp3) is 0.438. The molecule has 0 spiro atoms. The highest BCUT2D eigenvalue weighted by atomic mass is 16.5. The molecule has 122 valence electrons. The molecule has 0 saturated carbocycles. The van der Waals surface area contributed by atoms with E-state index in [-0.39, 0.29) is 37.5 Å². The van der Waals surface area contributed by atoms with Crippen molar-refractivity contribution in [3.63, 3.8) is 0 Å². The van der Waals surface area contributed by atoms with Gasteiger partial charge in [0.15, 0.2) is 0 Å². The largest absolute Gasteiger partial charge is 0.375 e. The lowest BCUT2D eigenvalue weighted by molar-refractivity contribution is -0.139. The van der Waals surface area contributed by atoms with Gasteiger partial charge >= 0.3 is 6.03 Å². The first-order valence-electron chi connectivity index (χ1n) is 7.54. The normalized spacial score (nSPS) is 20.9. The number of carbonyl (C=O) groups excluding carboxylic acids is 3. The van der Waals surface area contributed by atoms with Crippen LogP contribution >= 0.6 is 0 Å². The van der Waals surface area contributed by atoms with Gasteiger partial charge in [-0.3, -0.25) is 14.5 Å². The third-order valence-corrected chi connectivity index (χ3v) is 4.21. The highest BCUT2D eigenvalue weighted by Crippen LogP contribution is 2.23. The van der Waals surface area contributed by atoms with E-state index in [4.69, 9.17) is 4.74 Å². The van der Waals surface area contributed by atoms with E-state index >= 15 is 0 Å². The fourth-order valence-electron chi connectivity index (χ4n) is 3.01. The Morgan fingerprint density at radius 1 is 1.22 bits per heavy atom. The van der Waals surface area contributed by atoms with E-state index in [1.54, 1.807) is 9.80 Å². The summed E-state index contributed by atoms with van der Waals surface area (Å²) in [6.45, 7) is 1.28. The van der Waals surface area contributed by atoms with Crippen LogP contribution in [0.3, 0.4) is 0 Å². The minimum Gasteiger partial charge on any atom is -0.375 e. The topological polar surface area (TPSA) is 70.2 Å². The van der Waals surface area contributed by atoms with Crippen LogP contribution in [0.4, 0.5) is 4.79 Å². The lowest BCUT2D eigenvalue weighted by Crippen LogP contribution is -2.55. The van der Waals surface area contributed by atoms with Gasteiger partial charge in [-0.15, -0.1) is 0 Å². The van der Waals surface area contributed by atoms with E-state index in [0.717, 1.165) is 5.56 Å². The summed E-state index contributed by atoms with van der Waals surface area (Å²) in [6, 6.07) is 8.54. The van der Waals surface area contributed by atoms with Crippen LogP contribution in [0, 0.1) is 0 Å². The number of benzene rings is 1. The van der Waals surface area contributed by atoms with Crippen LogP contribution in [0.2, 0.25) is 0 Å². The van der Waals surface area contributed by atoms with E-state index in [1.807, 2.05) is 30.3 Å². The van der Waals surface area contributed by atoms with Crippen LogP contribution in [0.25, 0.3) is 0 Å². The van der Waals surface area contributed by atoms with Crippen LogP contribution in [0.1, 0.15) is 5.56 Å². The Bertz CT molecular complexity index is 619. The van der Waals surface area contributed by atoms with Crippen molar-refractivity contribution in [2.45, 2.75) is 12.6 Å². The van der Waals surface area contributed by atoms with Gasteiger partial charge in [-0.25, -0.2) is 4.79 Å². The maximum Gasteiger partial charge on any atom is 0.327 e. The summed E-state index contributed by atoms with van der Waals surface area (Å²) in [5.74, 6) is -0.400. The summed E-state index contributed by atoms with van der Waals surface area (Å²) < 4.78 is 4.85. The molecule has 7 heteroatoms. The van der Waals surface area contributed by atoms with E-state index in [1.165, 1.54) is 12.0 Å². The second-order valence-electron chi connectivity index (χ2n) is 5.67. The number of methoxy groups -OCH3 is 1. The van der Waals surface area contributed by atoms with Gasteiger partial charge in [0.05, 0.1) is 13.1 Å². The third-order valence-electron chi connectivity index (χ3n) is 4.21. The predicted molar refractivity (Wildman–Crippen MR) is 81.3 cm³/mol. The van der Waals surface area contributed by atoms with Crippen molar-refractivity contribution in [1.82, 2.24) is 14.7 Å². The average Bonchev–Trinajstić information content (AvgIpc) is 2.81. The molecule has 3 rings (SSSR count). The average molecular weight is 317 g/mol. The molecule has 2 aliphatic rings. The smallest absolute Gasteiger partial charge is 0.327 e. The quantitative estimate of drug-likeness (QED) is 0.749. The molecule has 2 heterocycles. The number of amides is 4. The molecule has 7 nitrogen and oxygen atoms in total. The Morgan fingerprint density at radius 2 is 1.96 bits per heavy atom. The standard InChI is InChI=1S/C16H19N3O4/c1-23-11-14(20)17-7-8-18-13(10-17)15(21)19(16(18)22)9-12-5-3-2-4-6-12/h2-6,13H,7-11H2,1H3/t13-/m1/s1. The van der Waals surface area contributed by atoms with Crippen molar-refractivity contribution in [1.29, 1.82) is 0 Å². The van der Waals surface area contributed by atoms with E-state index in [2.05, 4.69) is 0 Å². The SMILES string of the molecule is COCC(=O)N1CCN2C(=O)N(Cc3ccccc3)C(=O)[C@H]2C1. The fourth-order valence-corrected chi connectivity index (χ4v) is 3.01. The van der Waals surface area contributed by atoms with Gasteiger partial charge in [0.1, 0.15) is 12.6 Å². The molecular formula is C16H19N3O4. The van der Waals surface area contributed by atoms with Crippen molar-refractivity contribution in [2.24, 2.45) is 0 Å². The van der Waals surface area contributed by atoms with Crippen molar-refractivity contribution >= 4 is 17.8 Å². The first-order chi connectivity index (χ1) is 11.1. The van der Waals surface area contributed by atoms with Crippen molar-refractivity contribution in [3.05, 3.63) is 35.9 Å². The molecule has 0 aromatic heterocycles. The number of fused-ring (bicyclic) bond motifs is 1. The number of piperazine rings is 1. The summed E-state index contributed by atoms with van der Waals surface area (Å²) in [5, 5.41) is 0. The number of nitrogens with zero attached hydrogens (tertiary/aromatic N) is 3. The highest BCUT2D eigenvalue weighted by molar-refractivity contribution is 6.04. The molecule has 0 radical (unpaired) electrons. The Hall–Kier alpha value is -2.41. The predicted octanol–water partition coefficient (Wildman–Crippen LogP) is 0.308. The number of hydrogen-bond acceptors (Lipinski definition) is 4. The molecule has 0 unspecified atom stereocenters. The van der Waals surface area contributed by atoms with Gasteiger partial charge in [0.2, 0.25) is 5.91 Å². The molecule has 2 aliphatic heterocycles. The summed E-state index contributed by atoms with van der Waals surface area (Å²) in [5.41, 5.74) is 0.904. The highest BCUT2D eigenvalue weighted by Gasteiger charge is 2.48. The number of ether oxygens (including phenoxy) is 1. The summed E-state index contributed by atoms with van der Waals surface area (Å²) in [7, 11) is 1.46. The van der Waals surface area contributed by atoms with Gasteiger partial charge in [-0.05, 0) is 5.56 Å². The van der Waals surface area contributed by atoms with Crippen LogP contribution in [-0.4, -0.2) is 71.9 Å². The molecule has 0 aliphatic carbocycles. The minimum atomic E-state index is -0.583.